The van der Waals surface area contributed by atoms with E-state index in [1.54, 1.807) is 17.0 Å². The van der Waals surface area contributed by atoms with Crippen molar-refractivity contribution in [1.29, 1.82) is 0 Å². The van der Waals surface area contributed by atoms with Crippen LogP contribution in [-0.4, -0.2) is 91.0 Å². The van der Waals surface area contributed by atoms with Crippen molar-refractivity contribution < 1.29 is 38.8 Å². The van der Waals surface area contributed by atoms with E-state index in [0.717, 1.165) is 6.42 Å². The highest BCUT2D eigenvalue weighted by molar-refractivity contribution is 14.1. The summed E-state index contributed by atoms with van der Waals surface area (Å²) in [5.41, 5.74) is 0.746. The molecule has 3 N–H and O–H groups in total. The smallest absolute Gasteiger partial charge is 0.247 e. The topological polar surface area (TPSA) is 135 Å². The van der Waals surface area contributed by atoms with Crippen LogP contribution in [0.2, 0.25) is 0 Å². The second kappa shape index (κ2) is 16.8. The lowest BCUT2D eigenvalue weighted by atomic mass is 9.87. The molecule has 39 heavy (non-hydrogen) atoms. The van der Waals surface area contributed by atoms with Crippen molar-refractivity contribution in [3.05, 3.63) is 32.9 Å². The van der Waals surface area contributed by atoms with Gasteiger partial charge in [-0.3, -0.25) is 14.4 Å². The summed E-state index contributed by atoms with van der Waals surface area (Å²) >= 11 is 2.02. The highest BCUT2D eigenvalue weighted by atomic mass is 127. The number of aliphatic hydroxyl groups is 2. The first kappa shape index (κ1) is 33.0. The van der Waals surface area contributed by atoms with Crippen LogP contribution in [0.25, 0.3) is 0 Å². The zero-order chi connectivity index (χ0) is 28.9. The van der Waals surface area contributed by atoms with E-state index in [2.05, 4.69) is 5.32 Å². The molecule has 10 nitrogen and oxygen atoms in total. The fraction of sp³-hybridized carbons (Fsp3) is 0.607. The Balaban J connectivity index is 2.45. The Morgan fingerprint density at radius 2 is 2.03 bits per heavy atom. The lowest BCUT2D eigenvalue weighted by Crippen LogP contribution is -2.55. The van der Waals surface area contributed by atoms with E-state index in [1.807, 2.05) is 43.4 Å². The molecule has 0 aromatic heterocycles. The van der Waals surface area contributed by atoms with Crippen molar-refractivity contribution in [3.8, 4) is 11.5 Å². The first-order valence-electron chi connectivity index (χ1n) is 13.3. The number of nitrogens with one attached hydrogen (secondary N) is 1. The van der Waals surface area contributed by atoms with Gasteiger partial charge in [-0.05, 0) is 67.5 Å². The number of amides is 2. The number of nitrogens with zero attached hydrogens (tertiary/aromatic N) is 1. The first-order chi connectivity index (χ1) is 18.7. The minimum atomic E-state index is -1.15. The number of ether oxygens (including phenoxy) is 3. The zero-order valence-corrected chi connectivity index (χ0v) is 25.3. The van der Waals surface area contributed by atoms with Crippen molar-refractivity contribution in [2.45, 2.75) is 77.2 Å². The lowest BCUT2D eigenvalue weighted by molar-refractivity contribution is -0.139. The van der Waals surface area contributed by atoms with Crippen LogP contribution in [-0.2, 0) is 14.3 Å². The molecule has 1 aromatic rings. The Bertz CT molecular complexity index is 1000. The fourth-order valence-corrected chi connectivity index (χ4v) is 5.09. The van der Waals surface area contributed by atoms with Gasteiger partial charge in [-0.2, -0.15) is 0 Å². The number of hydrogen-bond acceptors (Lipinski definition) is 8. The number of methoxy groups -OCH3 is 1. The molecule has 1 aliphatic carbocycles. The molecule has 11 heteroatoms. The molecule has 0 heterocycles. The predicted molar refractivity (Wildman–Crippen MR) is 155 cm³/mol. The van der Waals surface area contributed by atoms with Gasteiger partial charge in [0.25, 0.3) is 0 Å². The Hall–Kier alpha value is -2.22. The molecule has 3 unspecified atom stereocenters. The van der Waals surface area contributed by atoms with Gasteiger partial charge in [0.2, 0.25) is 11.8 Å². The van der Waals surface area contributed by atoms with Gasteiger partial charge in [0.05, 0.1) is 29.4 Å². The van der Waals surface area contributed by atoms with Gasteiger partial charge in [0.1, 0.15) is 18.5 Å². The third kappa shape index (κ3) is 9.73. The van der Waals surface area contributed by atoms with Crippen LogP contribution >= 0.6 is 22.6 Å². The number of aliphatic hydroxyl groups excluding tert-OH is 2. The summed E-state index contributed by atoms with van der Waals surface area (Å²) < 4.78 is 17.9. The summed E-state index contributed by atoms with van der Waals surface area (Å²) in [6.45, 7) is 6.54. The van der Waals surface area contributed by atoms with Gasteiger partial charge < -0.3 is 34.6 Å². The normalized spacial score (nSPS) is 18.9. The number of halogens is 1. The molecule has 0 saturated heterocycles. The summed E-state index contributed by atoms with van der Waals surface area (Å²) in [5, 5.41) is 23.4. The van der Waals surface area contributed by atoms with Gasteiger partial charge in [-0.25, -0.2) is 0 Å². The third-order valence-corrected chi connectivity index (χ3v) is 7.12. The maximum absolute atomic E-state index is 13.3. The summed E-state index contributed by atoms with van der Waals surface area (Å²) in [7, 11) is 1.45. The number of aldehydes is 1. The Labute approximate surface area is 244 Å². The Kier molecular flexibility index (Phi) is 14.2. The van der Waals surface area contributed by atoms with Gasteiger partial charge in [0, 0.05) is 43.7 Å². The summed E-state index contributed by atoms with van der Waals surface area (Å²) in [5.74, 6) is 0.106. The van der Waals surface area contributed by atoms with E-state index in [4.69, 9.17) is 14.2 Å². The molecule has 0 saturated carbocycles. The molecule has 3 atom stereocenters. The first-order valence-corrected chi connectivity index (χ1v) is 14.4. The van der Waals surface area contributed by atoms with E-state index in [1.165, 1.54) is 13.2 Å². The SMILES string of the molecule is CCCCC(=O)N(CCCOC(C)C)C1CC(C(=O)NCCO)=CC(Oc2c(I)cc(C=O)cc2OC)C1O. The third-order valence-electron chi connectivity index (χ3n) is 6.32. The summed E-state index contributed by atoms with van der Waals surface area (Å²) in [6, 6.07) is 2.44. The monoisotopic (exact) mass is 660 g/mol. The molecule has 1 aliphatic rings. The van der Waals surface area contributed by atoms with Crippen molar-refractivity contribution >= 4 is 40.7 Å². The molecular formula is C28H41IN2O8. The van der Waals surface area contributed by atoms with Gasteiger partial charge in [-0.1, -0.05) is 13.3 Å². The highest BCUT2D eigenvalue weighted by Crippen LogP contribution is 2.37. The average Bonchev–Trinajstić information content (AvgIpc) is 2.92. The molecule has 218 valence electrons. The Morgan fingerprint density at radius 3 is 2.64 bits per heavy atom. The number of carbonyl (C=O) groups excluding carboxylic acids is 3. The van der Waals surface area contributed by atoms with Crippen molar-refractivity contribution in [3.63, 3.8) is 0 Å². The molecule has 1 aromatic carbocycles. The molecule has 0 fully saturated rings. The highest BCUT2D eigenvalue weighted by Gasteiger charge is 2.40. The van der Waals surface area contributed by atoms with Crippen molar-refractivity contribution in [2.75, 3.05) is 33.4 Å². The average molecular weight is 661 g/mol. The molecule has 2 rings (SSSR count). The number of hydrogen-bond donors (Lipinski definition) is 3. The van der Waals surface area contributed by atoms with Gasteiger partial charge >= 0.3 is 0 Å². The second-order valence-electron chi connectivity index (χ2n) is 9.63. The van der Waals surface area contributed by atoms with Crippen LogP contribution in [0.15, 0.2) is 23.8 Å². The standard InChI is InChI=1S/C28H41IN2O8/c1-5-6-8-25(34)31(10-7-12-38-18(2)3)22-15-20(28(36)30-9-11-32)16-23(26(22)35)39-27-21(29)13-19(17-33)14-24(27)37-4/h13-14,16-18,22-23,26,32,35H,5-12,15H2,1-4H3,(H,30,36). The Morgan fingerprint density at radius 1 is 1.28 bits per heavy atom. The molecule has 0 spiro atoms. The quantitative estimate of drug-likeness (QED) is 0.140. The minimum Gasteiger partial charge on any atom is -0.493 e. The van der Waals surface area contributed by atoms with Crippen LogP contribution in [0.1, 0.15) is 63.2 Å². The molecule has 0 bridgehead atoms. The second-order valence-corrected chi connectivity index (χ2v) is 10.8. The summed E-state index contributed by atoms with van der Waals surface area (Å²) in [4.78, 5) is 39.3. The molecule has 0 radical (unpaired) electrons. The van der Waals surface area contributed by atoms with E-state index in [0.29, 0.717) is 64.9 Å². The number of rotatable bonds is 16. The van der Waals surface area contributed by atoms with Crippen molar-refractivity contribution in [2.24, 2.45) is 0 Å². The van der Waals surface area contributed by atoms with E-state index in [-0.39, 0.29) is 31.6 Å². The van der Waals surface area contributed by atoms with Gasteiger partial charge in [-0.15, -0.1) is 0 Å². The van der Waals surface area contributed by atoms with E-state index < -0.39 is 24.2 Å². The van der Waals surface area contributed by atoms with Crippen molar-refractivity contribution in [1.82, 2.24) is 10.2 Å². The van der Waals surface area contributed by atoms with Crippen LogP contribution in [0.4, 0.5) is 0 Å². The molecular weight excluding hydrogens is 619 g/mol. The van der Waals surface area contributed by atoms with Crippen LogP contribution < -0.4 is 14.8 Å². The fourth-order valence-electron chi connectivity index (χ4n) is 4.34. The van der Waals surface area contributed by atoms with E-state index >= 15 is 0 Å². The zero-order valence-electron chi connectivity index (χ0n) is 23.2. The maximum atomic E-state index is 13.3. The summed E-state index contributed by atoms with van der Waals surface area (Å²) in [6.07, 6.45) is 2.74. The largest absolute Gasteiger partial charge is 0.493 e. The maximum Gasteiger partial charge on any atom is 0.247 e. The van der Waals surface area contributed by atoms with E-state index in [9.17, 15) is 24.6 Å². The van der Waals surface area contributed by atoms with Crippen LogP contribution in [0, 0.1) is 3.57 Å². The number of carbonyl (C=O) groups is 3. The number of benzene rings is 1. The molecule has 0 aliphatic heterocycles. The van der Waals surface area contributed by atoms with Crippen LogP contribution in [0.5, 0.6) is 11.5 Å². The predicted octanol–water partition coefficient (Wildman–Crippen LogP) is 2.86. The van der Waals surface area contributed by atoms with Crippen LogP contribution in [0.3, 0.4) is 0 Å². The molecule has 2 amide bonds. The minimum absolute atomic E-state index is 0.0557. The number of unbranched alkanes of at least 4 members (excludes halogenated alkanes) is 1. The van der Waals surface area contributed by atoms with Gasteiger partial charge in [0.15, 0.2) is 11.5 Å². The lowest BCUT2D eigenvalue weighted by Gasteiger charge is -2.41.